The van der Waals surface area contributed by atoms with Crippen LogP contribution in [0.5, 0.6) is 34.5 Å². The predicted octanol–water partition coefficient (Wildman–Crippen LogP) is 5.12. The first kappa shape index (κ1) is 28.2. The number of hydrogen-bond donors (Lipinski definition) is 4. The van der Waals surface area contributed by atoms with E-state index in [-0.39, 0.29) is 52.3 Å². The highest BCUT2D eigenvalue weighted by Crippen LogP contribution is 2.39. The lowest BCUT2D eigenvalue weighted by Gasteiger charge is -2.25. The molecule has 0 radical (unpaired) electrons. The molecule has 4 N–H and O–H groups in total. The number of esters is 2. The van der Waals surface area contributed by atoms with E-state index in [1.807, 2.05) is 0 Å². The molecule has 1 heterocycles. The van der Waals surface area contributed by atoms with Crippen LogP contribution in [0, 0.1) is 0 Å². The van der Waals surface area contributed by atoms with Gasteiger partial charge >= 0.3 is 11.9 Å². The average molecular weight is 573 g/mol. The van der Waals surface area contributed by atoms with Gasteiger partial charge in [0.15, 0.2) is 0 Å². The summed E-state index contributed by atoms with van der Waals surface area (Å²) in [5.74, 6) is -2.16. The number of carbonyl (C=O) groups is 2. The molecule has 0 amide bonds. The number of phenolic OH excluding ortho intramolecular Hbond substituents is 4. The fourth-order valence-electron chi connectivity index (χ4n) is 4.98. The molecule has 10 heteroatoms. The smallest absolute Gasteiger partial charge is 0.342 e. The monoisotopic (exact) mass is 572 g/mol. The third-order valence-electron chi connectivity index (χ3n) is 7.06. The number of ether oxygens (including phenoxy) is 4. The van der Waals surface area contributed by atoms with Crippen molar-refractivity contribution in [2.45, 2.75) is 25.0 Å². The Bertz CT molecular complexity index is 1630. The Morgan fingerprint density at radius 1 is 0.595 bits per heavy atom. The molecular weight excluding hydrogens is 544 g/mol. The van der Waals surface area contributed by atoms with Crippen molar-refractivity contribution >= 4 is 11.9 Å². The highest BCUT2D eigenvalue weighted by molar-refractivity contribution is 5.96. The Kier molecular flexibility index (Phi) is 7.79. The zero-order chi connectivity index (χ0) is 30.0. The highest BCUT2D eigenvalue weighted by Gasteiger charge is 2.32. The van der Waals surface area contributed by atoms with Gasteiger partial charge in [-0.2, -0.15) is 0 Å². The predicted molar refractivity (Wildman–Crippen MR) is 149 cm³/mol. The standard InChI is InChI=1S/C32H28O10/c1-39-23-9-5-18(6-10-23)27-13-19-11-22(34)15-25(35)29(19)31(37)42-28(17-3-7-21(33)8-4-17)14-20-12-24(40-2)16-26(36)30(20)32(38)41-27/h3-12,15-16,27-28,33-36H,13-14H2,1-2H3. The fraction of sp³-hybridized carbons (Fsp3) is 0.188. The topological polar surface area (TPSA) is 152 Å². The van der Waals surface area contributed by atoms with Gasteiger partial charge in [-0.05, 0) is 58.7 Å². The summed E-state index contributed by atoms with van der Waals surface area (Å²) >= 11 is 0. The number of aromatic hydroxyl groups is 4. The van der Waals surface area contributed by atoms with Crippen LogP contribution in [0.1, 0.15) is 55.2 Å². The number of hydrogen-bond acceptors (Lipinski definition) is 10. The molecule has 0 saturated carbocycles. The van der Waals surface area contributed by atoms with Crippen molar-refractivity contribution in [3.8, 4) is 34.5 Å². The van der Waals surface area contributed by atoms with E-state index >= 15 is 0 Å². The van der Waals surface area contributed by atoms with Gasteiger partial charge in [0.1, 0.15) is 57.8 Å². The third-order valence-corrected chi connectivity index (χ3v) is 7.06. The zero-order valence-electron chi connectivity index (χ0n) is 22.7. The summed E-state index contributed by atoms with van der Waals surface area (Å²) < 4.78 is 22.4. The Morgan fingerprint density at radius 2 is 1.07 bits per heavy atom. The van der Waals surface area contributed by atoms with Crippen molar-refractivity contribution in [1.29, 1.82) is 0 Å². The molecule has 1 aliphatic heterocycles. The van der Waals surface area contributed by atoms with E-state index in [1.54, 1.807) is 36.4 Å². The van der Waals surface area contributed by atoms with Gasteiger partial charge in [0, 0.05) is 25.0 Å². The molecule has 0 aliphatic carbocycles. The zero-order valence-corrected chi connectivity index (χ0v) is 22.7. The third kappa shape index (κ3) is 5.73. The van der Waals surface area contributed by atoms with Gasteiger partial charge in [-0.3, -0.25) is 0 Å². The summed E-state index contributed by atoms with van der Waals surface area (Å²) in [7, 11) is 2.92. The lowest BCUT2D eigenvalue weighted by molar-refractivity contribution is 0.0258. The minimum Gasteiger partial charge on any atom is -0.508 e. The van der Waals surface area contributed by atoms with Crippen LogP contribution >= 0.6 is 0 Å². The minimum atomic E-state index is -1.03. The quantitative estimate of drug-likeness (QED) is 0.242. The second-order valence-corrected chi connectivity index (χ2v) is 9.74. The molecule has 216 valence electrons. The van der Waals surface area contributed by atoms with Crippen LogP contribution in [0.15, 0.2) is 72.8 Å². The van der Waals surface area contributed by atoms with Crippen LogP contribution in [0.4, 0.5) is 0 Å². The van der Waals surface area contributed by atoms with E-state index in [1.165, 1.54) is 44.6 Å². The van der Waals surface area contributed by atoms with Crippen LogP contribution in [0.2, 0.25) is 0 Å². The molecule has 5 rings (SSSR count). The van der Waals surface area contributed by atoms with Crippen molar-refractivity contribution in [2.24, 2.45) is 0 Å². The van der Waals surface area contributed by atoms with Gasteiger partial charge in [-0.25, -0.2) is 9.59 Å². The maximum atomic E-state index is 13.8. The van der Waals surface area contributed by atoms with Gasteiger partial charge in [0.05, 0.1) is 14.2 Å². The van der Waals surface area contributed by atoms with Gasteiger partial charge in [-0.15, -0.1) is 0 Å². The number of methoxy groups -OCH3 is 2. The molecule has 0 spiro atoms. The number of fused-ring (bicyclic) bond motifs is 2. The van der Waals surface area contributed by atoms with Crippen LogP contribution < -0.4 is 9.47 Å². The number of benzene rings is 4. The van der Waals surface area contributed by atoms with E-state index in [0.717, 1.165) is 6.07 Å². The molecule has 0 bridgehead atoms. The average Bonchev–Trinajstić information content (AvgIpc) is 2.95. The van der Waals surface area contributed by atoms with E-state index in [4.69, 9.17) is 18.9 Å². The molecule has 2 atom stereocenters. The molecular formula is C32H28O10. The Hall–Kier alpha value is -5.38. The Morgan fingerprint density at radius 3 is 1.60 bits per heavy atom. The largest absolute Gasteiger partial charge is 0.508 e. The van der Waals surface area contributed by atoms with E-state index in [9.17, 15) is 30.0 Å². The molecule has 42 heavy (non-hydrogen) atoms. The van der Waals surface area contributed by atoms with Crippen LogP contribution in [0.25, 0.3) is 0 Å². The number of carbonyl (C=O) groups excluding carboxylic acids is 2. The summed E-state index contributed by atoms with van der Waals surface area (Å²) in [6, 6.07) is 17.8. The van der Waals surface area contributed by atoms with Crippen molar-refractivity contribution in [1.82, 2.24) is 0 Å². The summed E-state index contributed by atoms with van der Waals surface area (Å²) in [6.45, 7) is 0. The normalized spacial score (nSPS) is 17.0. The van der Waals surface area contributed by atoms with E-state index in [2.05, 4.69) is 0 Å². The lowest BCUT2D eigenvalue weighted by Crippen LogP contribution is -2.22. The fourth-order valence-corrected chi connectivity index (χ4v) is 4.98. The number of phenols is 4. The summed E-state index contributed by atoms with van der Waals surface area (Å²) in [4.78, 5) is 27.4. The highest BCUT2D eigenvalue weighted by atomic mass is 16.5. The van der Waals surface area contributed by atoms with Crippen molar-refractivity contribution in [2.75, 3.05) is 14.2 Å². The van der Waals surface area contributed by atoms with Crippen LogP contribution in [-0.4, -0.2) is 46.6 Å². The molecule has 4 aromatic carbocycles. The van der Waals surface area contributed by atoms with Crippen molar-refractivity contribution in [3.05, 3.63) is 106 Å². The first-order chi connectivity index (χ1) is 20.2. The van der Waals surface area contributed by atoms with Gasteiger partial charge in [-0.1, -0.05) is 24.3 Å². The maximum absolute atomic E-state index is 13.8. The van der Waals surface area contributed by atoms with E-state index < -0.39 is 35.6 Å². The summed E-state index contributed by atoms with van der Waals surface area (Å²) in [6.07, 6.45) is -2.29. The second kappa shape index (κ2) is 11.6. The molecule has 0 aromatic heterocycles. The minimum absolute atomic E-state index is 0.00967. The lowest BCUT2D eigenvalue weighted by atomic mass is 9.94. The van der Waals surface area contributed by atoms with Crippen molar-refractivity contribution in [3.63, 3.8) is 0 Å². The summed E-state index contributed by atoms with van der Waals surface area (Å²) in [5.41, 5.74) is 1.08. The Labute approximate surface area is 240 Å². The maximum Gasteiger partial charge on any atom is 0.342 e. The second-order valence-electron chi connectivity index (χ2n) is 9.74. The molecule has 4 aromatic rings. The molecule has 1 aliphatic rings. The van der Waals surface area contributed by atoms with Crippen LogP contribution in [-0.2, 0) is 22.3 Å². The van der Waals surface area contributed by atoms with Gasteiger partial charge < -0.3 is 39.4 Å². The molecule has 0 fully saturated rings. The first-order valence-electron chi connectivity index (χ1n) is 13.0. The van der Waals surface area contributed by atoms with Gasteiger partial charge in [0.25, 0.3) is 0 Å². The van der Waals surface area contributed by atoms with Crippen molar-refractivity contribution < 1.29 is 49.0 Å². The number of rotatable bonds is 4. The molecule has 10 nitrogen and oxygen atoms in total. The van der Waals surface area contributed by atoms with Crippen LogP contribution in [0.3, 0.4) is 0 Å². The Balaban J connectivity index is 1.70. The first-order valence-corrected chi connectivity index (χ1v) is 13.0. The SMILES string of the molecule is COc1ccc(C2Cc3cc(O)cc(O)c3C(=O)OC(c3ccc(O)cc3)Cc3cc(OC)cc(O)c3C(=O)O2)cc1. The van der Waals surface area contributed by atoms with Gasteiger partial charge in [0.2, 0.25) is 0 Å². The number of cyclic esters (lactones) is 2. The molecule has 0 saturated heterocycles. The molecule has 2 unspecified atom stereocenters. The van der Waals surface area contributed by atoms with E-state index in [0.29, 0.717) is 16.9 Å². The summed E-state index contributed by atoms with van der Waals surface area (Å²) in [5, 5.41) is 41.8.